The Morgan fingerprint density at radius 2 is 2.33 bits per heavy atom. The van der Waals surface area contributed by atoms with Gasteiger partial charge in [-0.05, 0) is 33.4 Å². The molecule has 116 valence electrons. The quantitative estimate of drug-likeness (QED) is 0.738. The fourth-order valence-corrected chi connectivity index (χ4v) is 3.32. The first-order valence-corrected chi connectivity index (χ1v) is 7.54. The van der Waals surface area contributed by atoms with Crippen LogP contribution >= 0.6 is 0 Å². The summed E-state index contributed by atoms with van der Waals surface area (Å²) < 4.78 is 12.9. The number of carbonyl (C=O) groups excluding carboxylic acids is 1. The molecule has 2 aliphatic heterocycles. The summed E-state index contributed by atoms with van der Waals surface area (Å²) in [6.07, 6.45) is 4.92. The number of fused-ring (bicyclic) bond motifs is 2. The van der Waals surface area contributed by atoms with Gasteiger partial charge in [0.15, 0.2) is 11.5 Å². The lowest BCUT2D eigenvalue weighted by Crippen LogP contribution is -2.29. The fourth-order valence-electron chi connectivity index (χ4n) is 3.32. The molecule has 2 fully saturated rings. The number of carbonyl (C=O) groups is 1. The van der Waals surface area contributed by atoms with Crippen LogP contribution in [0.4, 0.5) is 0 Å². The Bertz CT molecular complexity index is 526. The highest BCUT2D eigenvalue weighted by molar-refractivity contribution is 5.99. The van der Waals surface area contributed by atoms with Gasteiger partial charge in [-0.15, -0.1) is 0 Å². The van der Waals surface area contributed by atoms with E-state index >= 15 is 0 Å². The summed E-state index contributed by atoms with van der Waals surface area (Å²) in [6.45, 7) is 1.51. The molecule has 0 aromatic carbocycles. The maximum absolute atomic E-state index is 12.9. The number of aromatic nitrogens is 2. The zero-order chi connectivity index (χ0) is 15.0. The smallest absolute Gasteiger partial charge is 0.190 e. The first-order valence-electron chi connectivity index (χ1n) is 7.54. The Labute approximate surface area is 125 Å². The fraction of sp³-hybridized carbons (Fsp3) is 0.733. The van der Waals surface area contributed by atoms with Gasteiger partial charge in [0.25, 0.3) is 0 Å². The second kappa shape index (κ2) is 5.77. The van der Waals surface area contributed by atoms with Crippen molar-refractivity contribution in [3.63, 3.8) is 0 Å². The molecular weight excluding hydrogens is 270 g/mol. The van der Waals surface area contributed by atoms with Gasteiger partial charge in [0.05, 0.1) is 38.0 Å². The van der Waals surface area contributed by atoms with Gasteiger partial charge in [-0.3, -0.25) is 9.48 Å². The minimum Gasteiger partial charge on any atom is -0.493 e. The second-order valence-corrected chi connectivity index (χ2v) is 6.17. The summed E-state index contributed by atoms with van der Waals surface area (Å²) in [7, 11) is 5.60. The molecule has 6 nitrogen and oxygen atoms in total. The molecule has 6 heteroatoms. The van der Waals surface area contributed by atoms with Crippen molar-refractivity contribution >= 4 is 5.78 Å². The molecule has 3 heterocycles. The van der Waals surface area contributed by atoms with Gasteiger partial charge in [0.1, 0.15) is 5.69 Å². The number of ketones is 1. The number of hydrogen-bond acceptors (Lipinski definition) is 5. The summed E-state index contributed by atoms with van der Waals surface area (Å²) in [5.74, 6) is 0.657. The van der Waals surface area contributed by atoms with Gasteiger partial charge in [-0.25, -0.2) is 0 Å². The SMILES string of the molecule is COc1cnn(CCN(C)C)c1C(=O)C1CC2CCC1O2. The number of Topliss-reactive ketones (excluding diaryl/α,β-unsaturated/α-hetero) is 1. The number of ether oxygens (including phenoxy) is 2. The standard InChI is InChI=1S/C15H23N3O3/c1-17(2)6-7-18-14(13(20-3)9-16-18)15(19)11-8-10-4-5-12(11)21-10/h9-12H,4-8H2,1-3H3. The van der Waals surface area contributed by atoms with Crippen LogP contribution in [0.3, 0.4) is 0 Å². The minimum atomic E-state index is -0.0348. The van der Waals surface area contributed by atoms with Crippen LogP contribution < -0.4 is 4.74 Å². The molecule has 3 atom stereocenters. The van der Waals surface area contributed by atoms with Crippen LogP contribution in [0, 0.1) is 5.92 Å². The Kier molecular flexibility index (Phi) is 3.99. The predicted octanol–water partition coefficient (Wildman–Crippen LogP) is 1.20. The Balaban J connectivity index is 1.82. The van der Waals surface area contributed by atoms with Gasteiger partial charge < -0.3 is 14.4 Å². The van der Waals surface area contributed by atoms with Gasteiger partial charge in [-0.1, -0.05) is 0 Å². The van der Waals surface area contributed by atoms with Crippen molar-refractivity contribution in [2.75, 3.05) is 27.7 Å². The first-order chi connectivity index (χ1) is 10.1. The topological polar surface area (TPSA) is 56.6 Å². The molecule has 0 spiro atoms. The zero-order valence-corrected chi connectivity index (χ0v) is 12.9. The maximum atomic E-state index is 12.9. The molecule has 2 bridgehead atoms. The molecule has 21 heavy (non-hydrogen) atoms. The van der Waals surface area contributed by atoms with Crippen LogP contribution in [0.5, 0.6) is 5.75 Å². The third-order valence-corrected chi connectivity index (χ3v) is 4.46. The van der Waals surface area contributed by atoms with Crippen LogP contribution in [0.2, 0.25) is 0 Å². The Hall–Kier alpha value is -1.40. The van der Waals surface area contributed by atoms with E-state index in [1.807, 2.05) is 14.1 Å². The highest BCUT2D eigenvalue weighted by atomic mass is 16.5. The number of rotatable bonds is 6. The summed E-state index contributed by atoms with van der Waals surface area (Å²) in [6, 6.07) is 0. The average molecular weight is 293 g/mol. The normalized spacial score (nSPS) is 27.5. The van der Waals surface area contributed by atoms with Crippen LogP contribution in [-0.4, -0.2) is 60.4 Å². The molecule has 0 amide bonds. The largest absolute Gasteiger partial charge is 0.493 e. The van der Waals surface area contributed by atoms with Crippen LogP contribution in [-0.2, 0) is 11.3 Å². The summed E-state index contributed by atoms with van der Waals surface area (Å²) in [5.41, 5.74) is 0.598. The van der Waals surface area contributed by atoms with Gasteiger partial charge in [-0.2, -0.15) is 5.10 Å². The molecule has 0 saturated carbocycles. The third kappa shape index (κ3) is 2.70. The molecule has 3 rings (SSSR count). The third-order valence-electron chi connectivity index (χ3n) is 4.46. The van der Waals surface area contributed by atoms with Gasteiger partial charge >= 0.3 is 0 Å². The molecule has 0 N–H and O–H groups in total. The van der Waals surface area contributed by atoms with E-state index in [0.717, 1.165) is 25.8 Å². The van der Waals surface area contributed by atoms with E-state index in [9.17, 15) is 4.79 Å². The van der Waals surface area contributed by atoms with E-state index in [4.69, 9.17) is 9.47 Å². The van der Waals surface area contributed by atoms with Crippen LogP contribution in [0.15, 0.2) is 6.20 Å². The molecule has 3 unspecified atom stereocenters. The highest BCUT2D eigenvalue weighted by Gasteiger charge is 2.45. The lowest BCUT2D eigenvalue weighted by atomic mass is 9.85. The van der Waals surface area contributed by atoms with E-state index in [-0.39, 0.29) is 23.9 Å². The van der Waals surface area contributed by atoms with Crippen molar-refractivity contribution in [1.82, 2.24) is 14.7 Å². The van der Waals surface area contributed by atoms with Crippen molar-refractivity contribution in [2.45, 2.75) is 38.0 Å². The average Bonchev–Trinajstić information content (AvgIpc) is 3.18. The summed E-state index contributed by atoms with van der Waals surface area (Å²) in [5, 5.41) is 4.32. The van der Waals surface area contributed by atoms with Crippen LogP contribution in [0.25, 0.3) is 0 Å². The molecular formula is C15H23N3O3. The first kappa shape index (κ1) is 14.5. The molecule has 1 aromatic heterocycles. The Morgan fingerprint density at radius 3 is 2.90 bits per heavy atom. The van der Waals surface area contributed by atoms with Crippen molar-refractivity contribution in [2.24, 2.45) is 5.92 Å². The second-order valence-electron chi connectivity index (χ2n) is 6.17. The number of hydrogen-bond donors (Lipinski definition) is 0. The lowest BCUT2D eigenvalue weighted by molar-refractivity contribution is 0.0732. The molecule has 0 aliphatic carbocycles. The van der Waals surface area contributed by atoms with Crippen molar-refractivity contribution in [3.8, 4) is 5.75 Å². The van der Waals surface area contributed by atoms with Crippen molar-refractivity contribution in [3.05, 3.63) is 11.9 Å². The van der Waals surface area contributed by atoms with E-state index in [1.165, 1.54) is 0 Å². The minimum absolute atomic E-state index is 0.0348. The van der Waals surface area contributed by atoms with Gasteiger partial charge in [0.2, 0.25) is 0 Å². The van der Waals surface area contributed by atoms with Gasteiger partial charge in [0, 0.05) is 6.54 Å². The molecule has 2 saturated heterocycles. The van der Waals surface area contributed by atoms with E-state index in [2.05, 4.69) is 10.00 Å². The van der Waals surface area contributed by atoms with Crippen LogP contribution in [0.1, 0.15) is 29.8 Å². The van der Waals surface area contributed by atoms with E-state index in [0.29, 0.717) is 18.0 Å². The highest BCUT2D eigenvalue weighted by Crippen LogP contribution is 2.41. The number of methoxy groups -OCH3 is 1. The monoisotopic (exact) mass is 293 g/mol. The maximum Gasteiger partial charge on any atom is 0.190 e. The zero-order valence-electron chi connectivity index (χ0n) is 12.9. The van der Waals surface area contributed by atoms with Crippen molar-refractivity contribution < 1.29 is 14.3 Å². The molecule has 0 radical (unpaired) electrons. The number of nitrogens with zero attached hydrogens (tertiary/aromatic N) is 3. The summed E-state index contributed by atoms with van der Waals surface area (Å²) in [4.78, 5) is 15.0. The van der Waals surface area contributed by atoms with Crippen molar-refractivity contribution in [1.29, 1.82) is 0 Å². The molecule has 1 aromatic rings. The van der Waals surface area contributed by atoms with E-state index in [1.54, 1.807) is 18.0 Å². The van der Waals surface area contributed by atoms with E-state index < -0.39 is 0 Å². The lowest BCUT2D eigenvalue weighted by Gasteiger charge is -2.19. The Morgan fingerprint density at radius 1 is 1.52 bits per heavy atom. The summed E-state index contributed by atoms with van der Waals surface area (Å²) >= 11 is 0. The molecule has 2 aliphatic rings. The number of likely N-dealkylation sites (N-methyl/N-ethyl adjacent to an activating group) is 1. The predicted molar refractivity (Wildman–Crippen MR) is 77.7 cm³/mol.